The molecule has 0 saturated heterocycles. The molecule has 0 aliphatic heterocycles. The maximum absolute atomic E-state index is 11.1. The first-order valence-corrected chi connectivity index (χ1v) is 7.65. The summed E-state index contributed by atoms with van der Waals surface area (Å²) in [7, 11) is 0. The minimum absolute atomic E-state index is 0.413. The SMILES string of the molecule is CCCCC(O)(C#Cc1ccccc1)c1ccccc1N=[N+]=[N-]. The Morgan fingerprint density at radius 2 is 1.83 bits per heavy atom. The summed E-state index contributed by atoms with van der Waals surface area (Å²) in [6.07, 6.45) is 2.25. The van der Waals surface area contributed by atoms with Gasteiger partial charge >= 0.3 is 0 Å². The normalized spacial score (nSPS) is 12.4. The highest BCUT2D eigenvalue weighted by Crippen LogP contribution is 2.34. The molecule has 0 aromatic heterocycles. The van der Waals surface area contributed by atoms with Crippen LogP contribution in [0.2, 0.25) is 0 Å². The third-order valence-corrected chi connectivity index (χ3v) is 3.58. The van der Waals surface area contributed by atoms with Gasteiger partial charge in [-0.2, -0.15) is 0 Å². The second kappa shape index (κ2) is 8.05. The standard InChI is InChI=1S/C19H19N3O/c1-2-3-14-19(23,15-13-16-9-5-4-6-10-16)17-11-7-8-12-18(17)21-22-20/h4-12,23H,2-3,14H2,1H3. The van der Waals surface area contributed by atoms with E-state index in [9.17, 15) is 5.11 Å². The Bertz CT molecular complexity index is 755. The molecular weight excluding hydrogens is 286 g/mol. The molecule has 1 unspecified atom stereocenters. The fraction of sp³-hybridized carbons (Fsp3) is 0.263. The van der Waals surface area contributed by atoms with Crippen molar-refractivity contribution in [2.24, 2.45) is 5.11 Å². The fourth-order valence-electron chi connectivity index (χ4n) is 2.35. The second-order valence-corrected chi connectivity index (χ2v) is 5.29. The minimum atomic E-state index is -1.34. The van der Waals surface area contributed by atoms with Gasteiger partial charge in [0.05, 0.1) is 0 Å². The number of azide groups is 1. The molecule has 0 radical (unpaired) electrons. The summed E-state index contributed by atoms with van der Waals surface area (Å²) in [6, 6.07) is 16.6. The van der Waals surface area contributed by atoms with Crippen molar-refractivity contribution in [3.63, 3.8) is 0 Å². The van der Waals surface area contributed by atoms with E-state index in [4.69, 9.17) is 5.53 Å². The molecule has 116 valence electrons. The van der Waals surface area contributed by atoms with Crippen molar-refractivity contribution >= 4 is 5.69 Å². The Balaban J connectivity index is 2.48. The zero-order valence-electron chi connectivity index (χ0n) is 13.1. The molecule has 0 aliphatic rings. The molecule has 4 heteroatoms. The quantitative estimate of drug-likeness (QED) is 0.357. The van der Waals surface area contributed by atoms with Crippen molar-refractivity contribution in [3.8, 4) is 11.8 Å². The van der Waals surface area contributed by atoms with E-state index >= 15 is 0 Å². The number of benzene rings is 2. The van der Waals surface area contributed by atoms with Crippen LogP contribution < -0.4 is 0 Å². The first-order valence-electron chi connectivity index (χ1n) is 7.65. The lowest BCUT2D eigenvalue weighted by Gasteiger charge is -2.24. The van der Waals surface area contributed by atoms with E-state index in [1.54, 1.807) is 18.2 Å². The van der Waals surface area contributed by atoms with Crippen LogP contribution in [0.3, 0.4) is 0 Å². The van der Waals surface area contributed by atoms with E-state index in [2.05, 4.69) is 28.8 Å². The maximum Gasteiger partial charge on any atom is 0.151 e. The molecule has 0 bridgehead atoms. The average Bonchev–Trinajstić information content (AvgIpc) is 2.60. The van der Waals surface area contributed by atoms with Crippen LogP contribution in [0.5, 0.6) is 0 Å². The van der Waals surface area contributed by atoms with E-state index in [0.29, 0.717) is 17.7 Å². The highest BCUT2D eigenvalue weighted by molar-refractivity contribution is 5.53. The predicted molar refractivity (Wildman–Crippen MR) is 92.0 cm³/mol. The third-order valence-electron chi connectivity index (χ3n) is 3.58. The van der Waals surface area contributed by atoms with Crippen molar-refractivity contribution in [3.05, 3.63) is 76.2 Å². The largest absolute Gasteiger partial charge is 0.373 e. The molecule has 2 aromatic carbocycles. The molecule has 2 rings (SSSR count). The Morgan fingerprint density at radius 3 is 2.52 bits per heavy atom. The maximum atomic E-state index is 11.1. The van der Waals surface area contributed by atoms with Gasteiger partial charge in [-0.3, -0.25) is 0 Å². The first-order chi connectivity index (χ1) is 11.2. The van der Waals surface area contributed by atoms with E-state index < -0.39 is 5.60 Å². The molecule has 23 heavy (non-hydrogen) atoms. The third kappa shape index (κ3) is 4.37. The first kappa shape index (κ1) is 16.6. The van der Waals surface area contributed by atoms with Crippen LogP contribution in [-0.4, -0.2) is 5.11 Å². The summed E-state index contributed by atoms with van der Waals surface area (Å²) in [6.45, 7) is 2.06. The number of nitrogens with zero attached hydrogens (tertiary/aromatic N) is 3. The molecule has 0 spiro atoms. The highest BCUT2D eigenvalue weighted by atomic mass is 16.3. The smallest absolute Gasteiger partial charge is 0.151 e. The summed E-state index contributed by atoms with van der Waals surface area (Å²) in [5.74, 6) is 6.01. The van der Waals surface area contributed by atoms with Crippen molar-refractivity contribution in [2.75, 3.05) is 0 Å². The Labute approximate surface area is 136 Å². The van der Waals surface area contributed by atoms with Gasteiger partial charge in [0.1, 0.15) is 0 Å². The van der Waals surface area contributed by atoms with Gasteiger partial charge in [-0.1, -0.05) is 72.8 Å². The van der Waals surface area contributed by atoms with E-state index in [0.717, 1.165) is 18.4 Å². The van der Waals surface area contributed by atoms with Gasteiger partial charge in [-0.05, 0) is 30.5 Å². The Hall–Kier alpha value is -2.73. The van der Waals surface area contributed by atoms with Gasteiger partial charge in [-0.15, -0.1) is 0 Å². The van der Waals surface area contributed by atoms with Crippen LogP contribution >= 0.6 is 0 Å². The lowest BCUT2D eigenvalue weighted by atomic mass is 9.87. The van der Waals surface area contributed by atoms with Crippen molar-refractivity contribution in [2.45, 2.75) is 31.8 Å². The van der Waals surface area contributed by atoms with Crippen LogP contribution in [0.1, 0.15) is 37.3 Å². The van der Waals surface area contributed by atoms with Gasteiger partial charge < -0.3 is 5.11 Å². The number of hydrogen-bond acceptors (Lipinski definition) is 2. The average molecular weight is 305 g/mol. The van der Waals surface area contributed by atoms with Crippen LogP contribution in [0.15, 0.2) is 59.7 Å². The molecule has 0 heterocycles. The summed E-state index contributed by atoms with van der Waals surface area (Å²) >= 11 is 0. The number of unbranched alkanes of at least 4 members (excludes halogenated alkanes) is 1. The lowest BCUT2D eigenvalue weighted by Crippen LogP contribution is -2.23. The van der Waals surface area contributed by atoms with Gasteiger partial charge in [0.15, 0.2) is 5.60 Å². The minimum Gasteiger partial charge on any atom is -0.373 e. The molecular formula is C19H19N3O. The van der Waals surface area contributed by atoms with Gasteiger partial charge in [-0.25, -0.2) is 0 Å². The molecule has 0 amide bonds. The zero-order chi connectivity index (χ0) is 16.5. The summed E-state index contributed by atoms with van der Waals surface area (Å²) in [5.41, 5.74) is 9.20. The number of aliphatic hydroxyl groups is 1. The second-order valence-electron chi connectivity index (χ2n) is 5.29. The topological polar surface area (TPSA) is 69.0 Å². The molecule has 4 nitrogen and oxygen atoms in total. The number of rotatable bonds is 5. The summed E-state index contributed by atoms with van der Waals surface area (Å²) in [4.78, 5) is 2.84. The van der Waals surface area contributed by atoms with Crippen molar-refractivity contribution in [1.82, 2.24) is 0 Å². The van der Waals surface area contributed by atoms with Gasteiger partial charge in [0, 0.05) is 21.7 Å². The molecule has 0 fully saturated rings. The molecule has 1 atom stereocenters. The predicted octanol–water partition coefficient (Wildman–Crippen LogP) is 5.06. The summed E-state index contributed by atoms with van der Waals surface area (Å²) < 4.78 is 0. The van der Waals surface area contributed by atoms with Crippen molar-refractivity contribution < 1.29 is 5.11 Å². The van der Waals surface area contributed by atoms with E-state index in [-0.39, 0.29) is 0 Å². The lowest BCUT2D eigenvalue weighted by molar-refractivity contribution is 0.0881. The molecule has 0 saturated carbocycles. The van der Waals surface area contributed by atoms with Crippen molar-refractivity contribution in [1.29, 1.82) is 0 Å². The molecule has 0 aliphatic carbocycles. The Kier molecular flexibility index (Phi) is 5.82. The Morgan fingerprint density at radius 1 is 1.13 bits per heavy atom. The van der Waals surface area contributed by atoms with E-state index in [1.807, 2.05) is 36.4 Å². The number of hydrogen-bond donors (Lipinski definition) is 1. The highest BCUT2D eigenvalue weighted by Gasteiger charge is 2.28. The zero-order valence-corrected chi connectivity index (χ0v) is 13.1. The molecule has 2 aromatic rings. The van der Waals surface area contributed by atoms with Crippen LogP contribution in [0.4, 0.5) is 5.69 Å². The molecule has 1 N–H and O–H groups in total. The monoisotopic (exact) mass is 305 g/mol. The van der Waals surface area contributed by atoms with Crippen LogP contribution in [-0.2, 0) is 5.60 Å². The van der Waals surface area contributed by atoms with Gasteiger partial charge in [0.2, 0.25) is 0 Å². The summed E-state index contributed by atoms with van der Waals surface area (Å²) in [5, 5.41) is 14.8. The van der Waals surface area contributed by atoms with Gasteiger partial charge in [0.25, 0.3) is 0 Å². The van der Waals surface area contributed by atoms with Crippen LogP contribution in [0, 0.1) is 11.8 Å². The fourth-order valence-corrected chi connectivity index (χ4v) is 2.35. The van der Waals surface area contributed by atoms with E-state index in [1.165, 1.54) is 0 Å². The van der Waals surface area contributed by atoms with Crippen LogP contribution in [0.25, 0.3) is 10.4 Å².